The van der Waals surface area contributed by atoms with E-state index in [2.05, 4.69) is 31.2 Å². The number of halogens is 1. The number of pyridine rings is 1. The van der Waals surface area contributed by atoms with Crippen LogP contribution in [0.15, 0.2) is 53.7 Å². The van der Waals surface area contributed by atoms with E-state index in [0.717, 1.165) is 21.6 Å². The van der Waals surface area contributed by atoms with Crippen LogP contribution < -0.4 is 5.32 Å². The smallest absolute Gasteiger partial charge is 0.156 e. The maximum absolute atomic E-state index is 4.43. The standard InChI is InChI=1S/C12H9BrN4/c13-11-8-17-6-2-4-10(17)12(16-11)15-9-3-1-5-14-7-9/h1-8H,(H,15,16). The van der Waals surface area contributed by atoms with E-state index in [1.165, 1.54) is 0 Å². The normalized spacial score (nSPS) is 10.6. The van der Waals surface area contributed by atoms with Crippen LogP contribution in [0.4, 0.5) is 11.5 Å². The van der Waals surface area contributed by atoms with Crippen LogP contribution in [0.1, 0.15) is 0 Å². The van der Waals surface area contributed by atoms with E-state index in [9.17, 15) is 0 Å². The molecule has 0 unspecified atom stereocenters. The summed E-state index contributed by atoms with van der Waals surface area (Å²) >= 11 is 3.39. The molecule has 0 aliphatic heterocycles. The molecule has 0 aliphatic carbocycles. The summed E-state index contributed by atoms with van der Waals surface area (Å²) in [5.74, 6) is 0.803. The lowest BCUT2D eigenvalue weighted by molar-refractivity contribution is 1.11. The van der Waals surface area contributed by atoms with Gasteiger partial charge in [0.05, 0.1) is 17.4 Å². The predicted octanol–water partition coefficient (Wildman–Crippen LogP) is 3.24. The summed E-state index contributed by atoms with van der Waals surface area (Å²) in [7, 11) is 0. The van der Waals surface area contributed by atoms with Crippen LogP contribution in [0.5, 0.6) is 0 Å². The van der Waals surface area contributed by atoms with Gasteiger partial charge in [-0.3, -0.25) is 4.98 Å². The molecular weight excluding hydrogens is 280 g/mol. The van der Waals surface area contributed by atoms with Crippen molar-refractivity contribution < 1.29 is 0 Å². The predicted molar refractivity (Wildman–Crippen MR) is 70.4 cm³/mol. The first-order valence-corrected chi connectivity index (χ1v) is 5.92. The van der Waals surface area contributed by atoms with Crippen molar-refractivity contribution >= 4 is 33.0 Å². The van der Waals surface area contributed by atoms with Crippen molar-refractivity contribution in [2.45, 2.75) is 0 Å². The number of aromatic nitrogens is 3. The van der Waals surface area contributed by atoms with Crippen molar-refractivity contribution in [3.8, 4) is 0 Å². The average molecular weight is 289 g/mol. The summed E-state index contributed by atoms with van der Waals surface area (Å²) in [6.07, 6.45) is 7.41. The number of hydrogen-bond donors (Lipinski definition) is 1. The number of nitrogens with one attached hydrogen (secondary N) is 1. The van der Waals surface area contributed by atoms with Crippen molar-refractivity contribution in [2.75, 3.05) is 5.32 Å². The zero-order chi connectivity index (χ0) is 11.7. The largest absolute Gasteiger partial charge is 0.337 e. The SMILES string of the molecule is Brc1cn2cccc2c(Nc2cccnc2)n1. The molecule has 3 aromatic heterocycles. The second-order valence-corrected chi connectivity index (χ2v) is 4.39. The van der Waals surface area contributed by atoms with Crippen LogP contribution in [-0.4, -0.2) is 14.4 Å². The van der Waals surface area contributed by atoms with Crippen molar-refractivity contribution in [3.05, 3.63) is 53.7 Å². The van der Waals surface area contributed by atoms with E-state index < -0.39 is 0 Å². The maximum Gasteiger partial charge on any atom is 0.156 e. The summed E-state index contributed by atoms with van der Waals surface area (Å²) in [6.45, 7) is 0. The highest BCUT2D eigenvalue weighted by Gasteiger charge is 2.04. The fourth-order valence-electron chi connectivity index (χ4n) is 1.68. The van der Waals surface area contributed by atoms with Gasteiger partial charge in [-0.25, -0.2) is 4.98 Å². The fourth-order valence-corrected chi connectivity index (χ4v) is 2.08. The Kier molecular flexibility index (Phi) is 2.53. The zero-order valence-electron chi connectivity index (χ0n) is 8.84. The molecule has 0 saturated carbocycles. The monoisotopic (exact) mass is 288 g/mol. The lowest BCUT2D eigenvalue weighted by Crippen LogP contribution is -1.97. The van der Waals surface area contributed by atoms with Gasteiger partial charge in [0, 0.05) is 18.6 Å². The third-order valence-electron chi connectivity index (χ3n) is 2.41. The van der Waals surface area contributed by atoms with Gasteiger partial charge < -0.3 is 9.72 Å². The van der Waals surface area contributed by atoms with Crippen LogP contribution >= 0.6 is 15.9 Å². The van der Waals surface area contributed by atoms with Gasteiger partial charge in [-0.1, -0.05) is 0 Å². The Morgan fingerprint density at radius 2 is 2.18 bits per heavy atom. The molecule has 0 atom stereocenters. The summed E-state index contributed by atoms with van der Waals surface area (Å²) < 4.78 is 2.79. The molecular formula is C12H9BrN4. The molecule has 3 aromatic rings. The van der Waals surface area contributed by atoms with Crippen molar-refractivity contribution in [2.24, 2.45) is 0 Å². The third-order valence-corrected chi connectivity index (χ3v) is 2.79. The molecule has 0 amide bonds. The summed E-state index contributed by atoms with van der Waals surface area (Å²) in [4.78, 5) is 8.49. The summed E-state index contributed by atoms with van der Waals surface area (Å²) in [5.41, 5.74) is 1.94. The number of fused-ring (bicyclic) bond motifs is 1. The summed E-state index contributed by atoms with van der Waals surface area (Å²) in [5, 5.41) is 3.25. The Labute approximate surface area is 106 Å². The second-order valence-electron chi connectivity index (χ2n) is 3.58. The highest BCUT2D eigenvalue weighted by Crippen LogP contribution is 2.22. The van der Waals surface area contributed by atoms with Gasteiger partial charge in [-0.2, -0.15) is 0 Å². The molecule has 0 saturated heterocycles. The van der Waals surface area contributed by atoms with Gasteiger partial charge in [-0.05, 0) is 40.2 Å². The van der Waals surface area contributed by atoms with E-state index in [4.69, 9.17) is 0 Å². The van der Waals surface area contributed by atoms with Crippen molar-refractivity contribution in [1.82, 2.24) is 14.4 Å². The third kappa shape index (κ3) is 2.01. The number of anilines is 2. The molecule has 5 heteroatoms. The van der Waals surface area contributed by atoms with Gasteiger partial charge in [0.1, 0.15) is 4.60 Å². The fraction of sp³-hybridized carbons (Fsp3) is 0. The maximum atomic E-state index is 4.43. The molecule has 3 heterocycles. The van der Waals surface area contributed by atoms with Gasteiger partial charge in [0.25, 0.3) is 0 Å². The molecule has 4 nitrogen and oxygen atoms in total. The molecule has 1 N–H and O–H groups in total. The molecule has 0 fully saturated rings. The Morgan fingerprint density at radius 1 is 1.24 bits per heavy atom. The minimum absolute atomic E-state index is 0.785. The molecule has 0 aromatic carbocycles. The number of rotatable bonds is 2. The molecule has 0 bridgehead atoms. The average Bonchev–Trinajstić information content (AvgIpc) is 2.78. The Bertz CT molecular complexity index is 648. The van der Waals surface area contributed by atoms with Crippen LogP contribution in [0.3, 0.4) is 0 Å². The van der Waals surface area contributed by atoms with Gasteiger partial charge in [-0.15, -0.1) is 0 Å². The highest BCUT2D eigenvalue weighted by molar-refractivity contribution is 9.10. The quantitative estimate of drug-likeness (QED) is 0.787. The zero-order valence-corrected chi connectivity index (χ0v) is 10.4. The molecule has 17 heavy (non-hydrogen) atoms. The van der Waals surface area contributed by atoms with E-state index >= 15 is 0 Å². The molecule has 3 rings (SSSR count). The van der Waals surface area contributed by atoms with Crippen molar-refractivity contribution in [3.63, 3.8) is 0 Å². The molecule has 0 spiro atoms. The topological polar surface area (TPSA) is 42.2 Å². The minimum atomic E-state index is 0.785. The minimum Gasteiger partial charge on any atom is -0.337 e. The lowest BCUT2D eigenvalue weighted by Gasteiger charge is -2.07. The number of nitrogens with zero attached hydrogens (tertiary/aromatic N) is 3. The van der Waals surface area contributed by atoms with Crippen LogP contribution in [0.25, 0.3) is 5.52 Å². The first kappa shape index (κ1) is 10.3. The second kappa shape index (κ2) is 4.18. The van der Waals surface area contributed by atoms with E-state index in [-0.39, 0.29) is 0 Å². The van der Waals surface area contributed by atoms with E-state index in [0.29, 0.717) is 0 Å². The Balaban J connectivity index is 2.08. The van der Waals surface area contributed by atoms with Gasteiger partial charge >= 0.3 is 0 Å². The molecule has 0 aliphatic rings. The van der Waals surface area contributed by atoms with Crippen LogP contribution in [-0.2, 0) is 0 Å². The molecule has 84 valence electrons. The van der Waals surface area contributed by atoms with Crippen molar-refractivity contribution in [1.29, 1.82) is 0 Å². The molecule has 0 radical (unpaired) electrons. The van der Waals surface area contributed by atoms with Crippen LogP contribution in [0.2, 0.25) is 0 Å². The first-order chi connectivity index (χ1) is 8.33. The van der Waals surface area contributed by atoms with Crippen LogP contribution in [0, 0.1) is 0 Å². The van der Waals surface area contributed by atoms with Gasteiger partial charge in [0.2, 0.25) is 0 Å². The van der Waals surface area contributed by atoms with E-state index in [1.54, 1.807) is 12.4 Å². The Hall–Kier alpha value is -1.88. The Morgan fingerprint density at radius 3 is 3.00 bits per heavy atom. The first-order valence-electron chi connectivity index (χ1n) is 5.13. The highest BCUT2D eigenvalue weighted by atomic mass is 79.9. The summed E-state index contributed by atoms with van der Waals surface area (Å²) in [6, 6.07) is 7.83. The van der Waals surface area contributed by atoms with Gasteiger partial charge in [0.15, 0.2) is 5.82 Å². The van der Waals surface area contributed by atoms with E-state index in [1.807, 2.05) is 41.1 Å². The number of hydrogen-bond acceptors (Lipinski definition) is 3. The lowest BCUT2D eigenvalue weighted by atomic mass is 10.4.